The number of hydrogen-bond acceptors (Lipinski definition) is 7. The molecule has 0 spiro atoms. The van der Waals surface area contributed by atoms with Gasteiger partial charge in [-0.3, -0.25) is 9.69 Å². The zero-order chi connectivity index (χ0) is 24.5. The number of esters is 1. The lowest BCUT2D eigenvalue weighted by Crippen LogP contribution is -2.33. The van der Waals surface area contributed by atoms with E-state index >= 15 is 0 Å². The van der Waals surface area contributed by atoms with Gasteiger partial charge in [0.25, 0.3) is 5.91 Å². The van der Waals surface area contributed by atoms with Crippen molar-refractivity contribution in [1.82, 2.24) is 0 Å². The highest BCUT2D eigenvalue weighted by Gasteiger charge is 2.32. The maximum absolute atomic E-state index is 12.5. The summed E-state index contributed by atoms with van der Waals surface area (Å²) in [6, 6.07) is 10.9. The highest BCUT2D eigenvalue weighted by atomic mass is 32.1. The van der Waals surface area contributed by atoms with Crippen LogP contribution < -0.4 is 4.90 Å². The fraction of sp³-hybridized carbons (Fsp3) is 0.538. The summed E-state index contributed by atoms with van der Waals surface area (Å²) < 4.78 is 11.0. The van der Waals surface area contributed by atoms with Gasteiger partial charge < -0.3 is 9.47 Å². The molecule has 1 aliphatic heterocycles. The molecule has 8 heteroatoms. The van der Waals surface area contributed by atoms with Crippen LogP contribution in [0.5, 0.6) is 0 Å². The Morgan fingerprint density at radius 3 is 2.62 bits per heavy atom. The molecule has 0 N–H and O–H groups in total. The summed E-state index contributed by atoms with van der Waals surface area (Å²) in [5.74, 6) is -0.358. The van der Waals surface area contributed by atoms with E-state index in [-0.39, 0.29) is 36.9 Å². The molecule has 1 aromatic carbocycles. The van der Waals surface area contributed by atoms with Crippen LogP contribution in [0.4, 0.5) is 5.69 Å². The number of carbonyl (C=O) groups excluding carboxylic acids is 2. The second-order valence-electron chi connectivity index (χ2n) is 8.85. The molecule has 0 bridgehead atoms. The average molecular weight is 487 g/mol. The van der Waals surface area contributed by atoms with Crippen LogP contribution in [0.3, 0.4) is 0 Å². The molecule has 184 valence electrons. The van der Waals surface area contributed by atoms with E-state index in [2.05, 4.69) is 12.1 Å². The molecule has 1 aliphatic rings. The summed E-state index contributed by atoms with van der Waals surface area (Å²) in [7, 11) is 0. The Balaban J connectivity index is 1.56. The maximum Gasteiger partial charge on any atom is 0.348 e. The lowest BCUT2D eigenvalue weighted by atomic mass is 10.0. The normalized spacial score (nSPS) is 16.8. The van der Waals surface area contributed by atoms with Crippen molar-refractivity contribution in [3.63, 3.8) is 0 Å². The van der Waals surface area contributed by atoms with E-state index in [1.807, 2.05) is 44.2 Å². The number of unbranched alkanes of at least 4 members (excludes halogenated alkanes) is 2. The maximum atomic E-state index is 12.5. The van der Waals surface area contributed by atoms with Crippen LogP contribution in [0.15, 0.2) is 41.6 Å². The molecule has 7 nitrogen and oxygen atoms in total. The summed E-state index contributed by atoms with van der Waals surface area (Å²) in [5, 5.41) is 3.30. The van der Waals surface area contributed by atoms with Crippen LogP contribution in [-0.4, -0.2) is 30.8 Å². The van der Waals surface area contributed by atoms with E-state index in [0.717, 1.165) is 54.7 Å². The lowest BCUT2D eigenvalue weighted by Gasteiger charge is -2.23. The predicted molar refractivity (Wildman–Crippen MR) is 134 cm³/mol. The van der Waals surface area contributed by atoms with Crippen molar-refractivity contribution in [3.8, 4) is 0 Å². The molecule has 0 radical (unpaired) electrons. The highest BCUT2D eigenvalue weighted by Crippen LogP contribution is 2.30. The van der Waals surface area contributed by atoms with Crippen LogP contribution in [0.2, 0.25) is 0 Å². The molecule has 3 rings (SSSR count). The molecule has 2 atom stereocenters. The number of ether oxygens (including phenoxy) is 2. The van der Waals surface area contributed by atoms with Gasteiger partial charge in [0.15, 0.2) is 0 Å². The summed E-state index contributed by atoms with van der Waals surface area (Å²) in [4.78, 5) is 39.3. The molecular weight excluding hydrogens is 452 g/mol. The third-order valence-electron chi connectivity index (χ3n) is 5.80. The zero-order valence-electron chi connectivity index (χ0n) is 20.2. The molecule has 0 saturated carbocycles. The summed E-state index contributed by atoms with van der Waals surface area (Å²) in [6.07, 6.45) is 5.73. The molecular formula is C26H34N2O5S. The highest BCUT2D eigenvalue weighted by molar-refractivity contribution is 7.13. The first-order chi connectivity index (χ1) is 16.4. The van der Waals surface area contributed by atoms with Crippen molar-refractivity contribution in [2.45, 2.75) is 84.1 Å². The Labute approximate surface area is 205 Å². The Bertz CT molecular complexity index is 956. The van der Waals surface area contributed by atoms with Crippen LogP contribution in [-0.2, 0) is 20.7 Å². The topological polar surface area (TPSA) is 85.3 Å². The number of anilines is 1. The third kappa shape index (κ3) is 6.96. The standard InChI is InChI=1S/C26H34N2O5S/c1-4-5-6-9-22(27-31)19-11-13-20(14-12-19)28-24(29)17-32-25(28)10-7-8-21-15-16-23(34-21)26(30)33-18(2)3/h11-16,18,22,25H,4-10,17H2,1-3H3. The first-order valence-corrected chi connectivity index (χ1v) is 12.9. The van der Waals surface area contributed by atoms with E-state index in [4.69, 9.17) is 9.47 Å². The van der Waals surface area contributed by atoms with E-state index in [0.29, 0.717) is 11.3 Å². The van der Waals surface area contributed by atoms with E-state index in [1.54, 1.807) is 11.0 Å². The van der Waals surface area contributed by atoms with Crippen LogP contribution in [0.25, 0.3) is 0 Å². The Hall–Kier alpha value is -2.58. The summed E-state index contributed by atoms with van der Waals surface area (Å²) in [5.41, 5.74) is 1.65. The largest absolute Gasteiger partial charge is 0.459 e. The van der Waals surface area contributed by atoms with Gasteiger partial charge in [0.1, 0.15) is 23.8 Å². The Morgan fingerprint density at radius 1 is 1.18 bits per heavy atom. The van der Waals surface area contributed by atoms with Crippen molar-refractivity contribution in [3.05, 3.63) is 56.6 Å². The monoisotopic (exact) mass is 486 g/mol. The number of carbonyl (C=O) groups is 2. The van der Waals surface area contributed by atoms with Crippen molar-refractivity contribution in [2.24, 2.45) is 5.18 Å². The predicted octanol–water partition coefficient (Wildman–Crippen LogP) is 6.41. The quantitative estimate of drug-likeness (QED) is 0.185. The molecule has 2 unspecified atom stereocenters. The smallest absolute Gasteiger partial charge is 0.348 e. The van der Waals surface area contributed by atoms with Crippen molar-refractivity contribution in [1.29, 1.82) is 0 Å². The minimum Gasteiger partial charge on any atom is -0.459 e. The molecule has 34 heavy (non-hydrogen) atoms. The first kappa shape index (κ1) is 26.0. The summed E-state index contributed by atoms with van der Waals surface area (Å²) >= 11 is 1.45. The molecule has 2 aromatic rings. The molecule has 1 amide bonds. The zero-order valence-corrected chi connectivity index (χ0v) is 21.0. The summed E-state index contributed by atoms with van der Waals surface area (Å²) in [6.45, 7) is 5.86. The minimum absolute atomic E-state index is 0.0617. The van der Waals surface area contributed by atoms with Crippen LogP contribution in [0.1, 0.15) is 85.5 Å². The minimum atomic E-state index is -0.351. The van der Waals surface area contributed by atoms with Gasteiger partial charge in [-0.25, -0.2) is 4.79 Å². The number of nitrogens with zero attached hydrogens (tertiary/aromatic N) is 2. The number of benzene rings is 1. The van der Waals surface area contributed by atoms with Gasteiger partial charge in [-0.1, -0.05) is 43.5 Å². The second kappa shape index (κ2) is 12.8. The number of aryl methyl sites for hydroxylation is 1. The second-order valence-corrected chi connectivity index (χ2v) is 10.0. The average Bonchev–Trinajstić information content (AvgIpc) is 3.44. The molecule has 2 heterocycles. The number of nitroso groups, excluding NO2 is 1. The fourth-order valence-corrected chi connectivity index (χ4v) is 5.00. The third-order valence-corrected chi connectivity index (χ3v) is 6.93. The Kier molecular flexibility index (Phi) is 9.77. The van der Waals surface area contributed by atoms with Crippen LogP contribution >= 0.6 is 11.3 Å². The van der Waals surface area contributed by atoms with Gasteiger partial charge in [-0.15, -0.1) is 11.3 Å². The van der Waals surface area contributed by atoms with E-state index in [1.165, 1.54) is 11.3 Å². The first-order valence-electron chi connectivity index (χ1n) is 12.1. The van der Waals surface area contributed by atoms with Gasteiger partial charge >= 0.3 is 5.97 Å². The van der Waals surface area contributed by atoms with E-state index < -0.39 is 0 Å². The SMILES string of the molecule is CCCCCC(N=O)c1ccc(N2C(=O)COC2CCCc2ccc(C(=O)OC(C)C)s2)cc1. The van der Waals surface area contributed by atoms with Crippen molar-refractivity contribution in [2.75, 3.05) is 11.5 Å². The van der Waals surface area contributed by atoms with Gasteiger partial charge in [-0.2, -0.15) is 4.91 Å². The fourth-order valence-electron chi connectivity index (χ4n) is 4.06. The molecule has 1 aromatic heterocycles. The number of hydrogen-bond donors (Lipinski definition) is 0. The van der Waals surface area contributed by atoms with Gasteiger partial charge in [0, 0.05) is 10.6 Å². The molecule has 1 fully saturated rings. The number of amides is 1. The van der Waals surface area contributed by atoms with Gasteiger partial charge in [-0.05, 0) is 69.4 Å². The van der Waals surface area contributed by atoms with Crippen molar-refractivity contribution >= 4 is 28.9 Å². The van der Waals surface area contributed by atoms with Gasteiger partial charge in [0.2, 0.25) is 0 Å². The van der Waals surface area contributed by atoms with Gasteiger partial charge in [0.05, 0.1) is 6.10 Å². The number of rotatable bonds is 13. The molecule has 0 aliphatic carbocycles. The Morgan fingerprint density at radius 2 is 1.94 bits per heavy atom. The molecule has 1 saturated heterocycles. The lowest BCUT2D eigenvalue weighted by molar-refractivity contribution is -0.117. The van der Waals surface area contributed by atoms with Crippen molar-refractivity contribution < 1.29 is 19.1 Å². The van der Waals surface area contributed by atoms with Crippen LogP contribution in [0, 0.1) is 4.91 Å². The van der Waals surface area contributed by atoms with E-state index in [9.17, 15) is 14.5 Å². The number of thiophene rings is 1.